The topological polar surface area (TPSA) is 97.0 Å². The SMILES string of the molecule is CCS(=O)(=O)Nc1ccc2c(c1)C(=O)N(C)C[C@@H](OC)[C@H](C)CN[C@@H](C)CO2. The summed E-state index contributed by atoms with van der Waals surface area (Å²) in [5.41, 5.74) is 0.648. The van der Waals surface area contributed by atoms with E-state index in [9.17, 15) is 13.2 Å². The molecular formula is C19H31N3O5S. The number of nitrogens with one attached hydrogen (secondary N) is 2. The lowest BCUT2D eigenvalue weighted by atomic mass is 10.0. The highest BCUT2D eigenvalue weighted by atomic mass is 32.2. The van der Waals surface area contributed by atoms with E-state index in [1.807, 2.05) is 6.92 Å². The summed E-state index contributed by atoms with van der Waals surface area (Å²) in [5, 5.41) is 3.42. The van der Waals surface area contributed by atoms with Crippen LogP contribution in [0, 0.1) is 5.92 Å². The van der Waals surface area contributed by atoms with Gasteiger partial charge in [0.1, 0.15) is 12.4 Å². The molecule has 0 saturated heterocycles. The molecule has 8 nitrogen and oxygen atoms in total. The molecule has 1 aliphatic rings. The van der Waals surface area contributed by atoms with E-state index in [1.165, 1.54) is 6.07 Å². The standard InChI is InChI=1S/C19H31N3O5S/c1-6-28(24,25)21-15-7-8-17-16(9-15)19(23)22(4)11-18(26-5)13(2)10-20-14(3)12-27-17/h7-9,13-14,18,20-21H,6,10-12H2,1-5H3/t13-,14+,18-/m1/s1. The van der Waals surface area contributed by atoms with Gasteiger partial charge in [0.25, 0.3) is 5.91 Å². The number of sulfonamides is 1. The Bertz CT molecular complexity index is 784. The number of rotatable bonds is 4. The van der Waals surface area contributed by atoms with Gasteiger partial charge in [-0.2, -0.15) is 0 Å². The number of carbonyl (C=O) groups excluding carboxylic acids is 1. The Morgan fingerprint density at radius 2 is 2.07 bits per heavy atom. The molecule has 0 aliphatic carbocycles. The molecule has 158 valence electrons. The van der Waals surface area contributed by atoms with Crippen LogP contribution in [0.3, 0.4) is 0 Å². The number of likely N-dealkylation sites (N-methyl/N-ethyl adjacent to an activating group) is 1. The van der Waals surface area contributed by atoms with Crippen LogP contribution in [0.2, 0.25) is 0 Å². The fraction of sp³-hybridized carbons (Fsp3) is 0.632. The van der Waals surface area contributed by atoms with E-state index in [2.05, 4.69) is 17.0 Å². The molecule has 0 unspecified atom stereocenters. The Hall–Kier alpha value is -1.84. The monoisotopic (exact) mass is 413 g/mol. The van der Waals surface area contributed by atoms with Crippen LogP contribution in [0.5, 0.6) is 5.75 Å². The molecule has 0 saturated carbocycles. The molecule has 0 fully saturated rings. The van der Waals surface area contributed by atoms with Crippen molar-refractivity contribution in [3.63, 3.8) is 0 Å². The van der Waals surface area contributed by atoms with E-state index in [0.29, 0.717) is 30.2 Å². The molecule has 9 heteroatoms. The van der Waals surface area contributed by atoms with Crippen molar-refractivity contribution in [1.29, 1.82) is 0 Å². The van der Waals surface area contributed by atoms with Gasteiger partial charge in [-0.1, -0.05) is 6.92 Å². The van der Waals surface area contributed by atoms with Gasteiger partial charge in [-0.3, -0.25) is 9.52 Å². The van der Waals surface area contributed by atoms with Gasteiger partial charge in [0.05, 0.1) is 17.4 Å². The lowest BCUT2D eigenvalue weighted by molar-refractivity contribution is 0.0281. The Labute approximate surface area is 167 Å². The first-order valence-corrected chi connectivity index (χ1v) is 11.1. The van der Waals surface area contributed by atoms with Crippen LogP contribution in [0.1, 0.15) is 31.1 Å². The molecule has 2 N–H and O–H groups in total. The minimum absolute atomic E-state index is 0.0506. The van der Waals surface area contributed by atoms with Gasteiger partial charge in [0.2, 0.25) is 10.0 Å². The van der Waals surface area contributed by atoms with E-state index in [0.717, 1.165) is 6.54 Å². The van der Waals surface area contributed by atoms with Crippen LogP contribution in [-0.4, -0.2) is 71.0 Å². The van der Waals surface area contributed by atoms with Crippen LogP contribution in [0.4, 0.5) is 5.69 Å². The Balaban J connectivity index is 2.40. The number of benzene rings is 1. The van der Waals surface area contributed by atoms with Gasteiger partial charge < -0.3 is 19.7 Å². The van der Waals surface area contributed by atoms with Gasteiger partial charge in [0.15, 0.2) is 0 Å². The lowest BCUT2D eigenvalue weighted by Crippen LogP contribution is -2.44. The highest BCUT2D eigenvalue weighted by Crippen LogP contribution is 2.26. The minimum atomic E-state index is -3.44. The molecule has 0 bridgehead atoms. The van der Waals surface area contributed by atoms with Crippen LogP contribution in [-0.2, 0) is 14.8 Å². The molecule has 2 rings (SSSR count). The second-order valence-corrected chi connectivity index (χ2v) is 9.28. The van der Waals surface area contributed by atoms with Crippen molar-refractivity contribution in [2.24, 2.45) is 5.92 Å². The highest BCUT2D eigenvalue weighted by Gasteiger charge is 2.25. The summed E-state index contributed by atoms with van der Waals surface area (Å²) >= 11 is 0. The largest absolute Gasteiger partial charge is 0.491 e. The number of fused-ring (bicyclic) bond motifs is 1. The molecular weight excluding hydrogens is 382 g/mol. The maximum Gasteiger partial charge on any atom is 0.257 e. The predicted octanol–water partition coefficient (Wildman–Crippen LogP) is 1.54. The molecule has 28 heavy (non-hydrogen) atoms. The number of amides is 1. The van der Waals surface area contributed by atoms with Crippen LogP contribution < -0.4 is 14.8 Å². The average molecular weight is 414 g/mol. The van der Waals surface area contributed by atoms with Gasteiger partial charge >= 0.3 is 0 Å². The molecule has 3 atom stereocenters. The van der Waals surface area contributed by atoms with E-state index in [4.69, 9.17) is 9.47 Å². The van der Waals surface area contributed by atoms with E-state index in [-0.39, 0.29) is 29.7 Å². The Morgan fingerprint density at radius 3 is 2.71 bits per heavy atom. The van der Waals surface area contributed by atoms with Crippen molar-refractivity contribution in [2.45, 2.75) is 32.9 Å². The zero-order chi connectivity index (χ0) is 20.9. The number of nitrogens with zero attached hydrogens (tertiary/aromatic N) is 1. The van der Waals surface area contributed by atoms with Crippen molar-refractivity contribution in [3.05, 3.63) is 23.8 Å². The minimum Gasteiger partial charge on any atom is -0.491 e. The number of carbonyl (C=O) groups is 1. The average Bonchev–Trinajstić information content (AvgIpc) is 2.67. The summed E-state index contributed by atoms with van der Waals surface area (Å²) in [5.74, 6) is 0.324. The van der Waals surface area contributed by atoms with Crippen molar-refractivity contribution in [1.82, 2.24) is 10.2 Å². The maximum atomic E-state index is 13.1. The highest BCUT2D eigenvalue weighted by molar-refractivity contribution is 7.92. The third-order valence-corrected chi connectivity index (χ3v) is 6.19. The molecule has 0 radical (unpaired) electrons. The number of ether oxygens (including phenoxy) is 2. The van der Waals surface area contributed by atoms with Crippen LogP contribution >= 0.6 is 0 Å². The van der Waals surface area contributed by atoms with Gasteiger partial charge in [0, 0.05) is 39.0 Å². The van der Waals surface area contributed by atoms with Gasteiger partial charge in [-0.05, 0) is 38.0 Å². The summed E-state index contributed by atoms with van der Waals surface area (Å²) in [7, 11) is -0.0983. The fourth-order valence-corrected chi connectivity index (χ4v) is 3.61. The van der Waals surface area contributed by atoms with Crippen LogP contribution in [0.25, 0.3) is 0 Å². The predicted molar refractivity (Wildman–Crippen MR) is 109 cm³/mol. The molecule has 1 heterocycles. The lowest BCUT2D eigenvalue weighted by Gasteiger charge is -2.30. The first kappa shape index (κ1) is 22.4. The number of hydrogen-bond donors (Lipinski definition) is 2. The summed E-state index contributed by atoms with van der Waals surface area (Å²) in [6.07, 6.45) is -0.126. The van der Waals surface area contributed by atoms with Crippen molar-refractivity contribution in [2.75, 3.05) is 44.3 Å². The zero-order valence-corrected chi connectivity index (χ0v) is 18.0. The maximum absolute atomic E-state index is 13.1. The molecule has 1 aliphatic heterocycles. The van der Waals surface area contributed by atoms with Gasteiger partial charge in [-0.25, -0.2) is 8.42 Å². The smallest absolute Gasteiger partial charge is 0.257 e. The molecule has 0 aromatic heterocycles. The fourth-order valence-electron chi connectivity index (χ4n) is 2.98. The molecule has 1 aromatic rings. The summed E-state index contributed by atoms with van der Waals surface area (Å²) in [4.78, 5) is 14.7. The van der Waals surface area contributed by atoms with Crippen molar-refractivity contribution in [3.8, 4) is 5.75 Å². The second-order valence-electron chi connectivity index (χ2n) is 7.27. The second kappa shape index (κ2) is 9.58. The van der Waals surface area contributed by atoms with E-state index in [1.54, 1.807) is 38.1 Å². The quantitative estimate of drug-likeness (QED) is 0.777. The normalized spacial score (nSPS) is 24.5. The Morgan fingerprint density at radius 1 is 1.36 bits per heavy atom. The van der Waals surface area contributed by atoms with E-state index < -0.39 is 10.0 Å². The van der Waals surface area contributed by atoms with Crippen molar-refractivity contribution < 1.29 is 22.7 Å². The first-order chi connectivity index (χ1) is 13.2. The number of methoxy groups -OCH3 is 1. The Kier molecular flexibility index (Phi) is 7.68. The van der Waals surface area contributed by atoms with E-state index >= 15 is 0 Å². The summed E-state index contributed by atoms with van der Waals surface area (Å²) in [6.45, 7) is 7.18. The van der Waals surface area contributed by atoms with Crippen LogP contribution in [0.15, 0.2) is 18.2 Å². The summed E-state index contributed by atoms with van der Waals surface area (Å²) in [6, 6.07) is 4.84. The molecule has 1 aromatic carbocycles. The third kappa shape index (κ3) is 5.83. The van der Waals surface area contributed by atoms with Crippen molar-refractivity contribution >= 4 is 21.6 Å². The first-order valence-electron chi connectivity index (χ1n) is 9.45. The third-order valence-electron chi connectivity index (χ3n) is 4.88. The molecule has 0 spiro atoms. The van der Waals surface area contributed by atoms with Gasteiger partial charge in [-0.15, -0.1) is 0 Å². The number of hydrogen-bond acceptors (Lipinski definition) is 6. The number of anilines is 1. The summed E-state index contributed by atoms with van der Waals surface area (Å²) < 4.78 is 37.7. The molecule has 1 amide bonds. The zero-order valence-electron chi connectivity index (χ0n) is 17.2.